The summed E-state index contributed by atoms with van der Waals surface area (Å²) in [6, 6.07) is 7.84. The molecule has 4 N–H and O–H groups in total. The predicted molar refractivity (Wildman–Crippen MR) is 118 cm³/mol. The van der Waals surface area contributed by atoms with E-state index in [0.717, 1.165) is 31.6 Å². The van der Waals surface area contributed by atoms with E-state index >= 15 is 0 Å². The van der Waals surface area contributed by atoms with Gasteiger partial charge in [0.1, 0.15) is 0 Å². The average Bonchev–Trinajstić information content (AvgIpc) is 2.55. The molecule has 142 valence electrons. The minimum Gasteiger partial charge on any atom is -0.370 e. The number of nitrogens with two attached hydrogens (primary N) is 1. The molecular formula is C19H33IN4O. The number of hydrogen-bond donors (Lipinski definition) is 3. The Balaban J connectivity index is 0.00000576. The molecule has 0 radical (unpaired) electrons. The van der Waals surface area contributed by atoms with Gasteiger partial charge in [0.25, 0.3) is 0 Å². The van der Waals surface area contributed by atoms with E-state index in [1.165, 1.54) is 44.6 Å². The minimum absolute atomic E-state index is 0. The van der Waals surface area contributed by atoms with Crippen LogP contribution in [0, 0.1) is 0 Å². The van der Waals surface area contributed by atoms with E-state index in [-0.39, 0.29) is 29.9 Å². The third-order valence-corrected chi connectivity index (χ3v) is 3.79. The number of nitrogens with zero attached hydrogens (tertiary/aromatic N) is 1. The molecule has 1 aromatic carbocycles. The second-order valence-electron chi connectivity index (χ2n) is 6.09. The molecule has 0 bridgehead atoms. The number of aliphatic imine (C=N–C) groups is 1. The Labute approximate surface area is 169 Å². The molecule has 0 spiro atoms. The molecule has 6 heteroatoms. The van der Waals surface area contributed by atoms with Crippen molar-refractivity contribution < 1.29 is 4.79 Å². The molecule has 0 unspecified atom stereocenters. The molecule has 1 rings (SSSR count). The second-order valence-corrected chi connectivity index (χ2v) is 6.09. The summed E-state index contributed by atoms with van der Waals surface area (Å²) in [5, 5.41) is 5.90. The topological polar surface area (TPSA) is 79.5 Å². The first-order valence-electron chi connectivity index (χ1n) is 9.02. The van der Waals surface area contributed by atoms with Gasteiger partial charge in [0.05, 0.1) is 0 Å². The van der Waals surface area contributed by atoms with Gasteiger partial charge < -0.3 is 16.4 Å². The highest BCUT2D eigenvalue weighted by Gasteiger charge is 1.98. The van der Waals surface area contributed by atoms with Gasteiger partial charge in [-0.1, -0.05) is 51.2 Å². The normalized spacial score (nSPS) is 10.9. The van der Waals surface area contributed by atoms with E-state index in [9.17, 15) is 4.79 Å². The maximum absolute atomic E-state index is 11.0. The fourth-order valence-electron chi connectivity index (χ4n) is 2.44. The van der Waals surface area contributed by atoms with E-state index in [0.29, 0.717) is 5.96 Å². The van der Waals surface area contributed by atoms with Gasteiger partial charge in [0.15, 0.2) is 5.96 Å². The summed E-state index contributed by atoms with van der Waals surface area (Å²) in [6.45, 7) is 5.29. The Morgan fingerprint density at radius 2 is 1.72 bits per heavy atom. The molecule has 0 saturated carbocycles. The van der Waals surface area contributed by atoms with Crippen molar-refractivity contribution in [2.75, 3.05) is 18.4 Å². The molecule has 0 fully saturated rings. The third-order valence-electron chi connectivity index (χ3n) is 3.79. The number of carbonyl (C=O) groups excluding carboxylic acids is 1. The lowest BCUT2D eigenvalue weighted by Gasteiger charge is -2.07. The van der Waals surface area contributed by atoms with Gasteiger partial charge in [-0.15, -0.1) is 24.0 Å². The lowest BCUT2D eigenvalue weighted by molar-refractivity contribution is -0.114. The summed E-state index contributed by atoms with van der Waals surface area (Å²) in [7, 11) is 0. The number of anilines is 1. The van der Waals surface area contributed by atoms with Crippen molar-refractivity contribution in [3.8, 4) is 0 Å². The van der Waals surface area contributed by atoms with Crippen LogP contribution in [-0.2, 0) is 11.2 Å². The van der Waals surface area contributed by atoms with Crippen LogP contribution in [0.3, 0.4) is 0 Å². The van der Waals surface area contributed by atoms with Crippen LogP contribution in [0.1, 0.15) is 57.9 Å². The zero-order chi connectivity index (χ0) is 17.6. The monoisotopic (exact) mass is 460 g/mol. The Morgan fingerprint density at radius 3 is 2.36 bits per heavy atom. The molecular weight excluding hydrogens is 427 g/mol. The third kappa shape index (κ3) is 12.7. The van der Waals surface area contributed by atoms with E-state index in [4.69, 9.17) is 5.73 Å². The van der Waals surface area contributed by atoms with Crippen molar-refractivity contribution in [2.45, 2.75) is 58.8 Å². The highest BCUT2D eigenvalue weighted by atomic mass is 127. The van der Waals surface area contributed by atoms with E-state index in [2.05, 4.69) is 22.5 Å². The number of amides is 1. The first-order valence-corrected chi connectivity index (χ1v) is 9.02. The molecule has 0 aliphatic rings. The smallest absolute Gasteiger partial charge is 0.221 e. The van der Waals surface area contributed by atoms with Crippen molar-refractivity contribution in [1.82, 2.24) is 5.32 Å². The molecule has 0 aliphatic carbocycles. The van der Waals surface area contributed by atoms with Gasteiger partial charge in [-0.2, -0.15) is 0 Å². The lowest BCUT2D eigenvalue weighted by atomic mass is 10.1. The van der Waals surface area contributed by atoms with Gasteiger partial charge in [0.2, 0.25) is 5.91 Å². The molecule has 0 saturated heterocycles. The summed E-state index contributed by atoms with van der Waals surface area (Å²) < 4.78 is 0. The fourth-order valence-corrected chi connectivity index (χ4v) is 2.44. The highest BCUT2D eigenvalue weighted by molar-refractivity contribution is 14.0. The van der Waals surface area contributed by atoms with Crippen LogP contribution in [0.25, 0.3) is 0 Å². The van der Waals surface area contributed by atoms with E-state index < -0.39 is 0 Å². The summed E-state index contributed by atoms with van der Waals surface area (Å²) >= 11 is 0. The van der Waals surface area contributed by atoms with Gasteiger partial charge in [-0.3, -0.25) is 9.79 Å². The van der Waals surface area contributed by atoms with Crippen LogP contribution in [0.5, 0.6) is 0 Å². The zero-order valence-electron chi connectivity index (χ0n) is 15.5. The van der Waals surface area contributed by atoms with Crippen LogP contribution < -0.4 is 16.4 Å². The Morgan fingerprint density at radius 1 is 1.08 bits per heavy atom. The molecule has 0 aromatic heterocycles. The summed E-state index contributed by atoms with van der Waals surface area (Å²) in [6.07, 6.45) is 8.45. The highest BCUT2D eigenvalue weighted by Crippen LogP contribution is 2.09. The predicted octanol–water partition coefficient (Wildman–Crippen LogP) is 4.07. The van der Waals surface area contributed by atoms with Crippen molar-refractivity contribution in [3.63, 3.8) is 0 Å². The minimum atomic E-state index is -0.0567. The first kappa shape index (κ1) is 23.7. The molecule has 1 aromatic rings. The summed E-state index contributed by atoms with van der Waals surface area (Å²) in [4.78, 5) is 15.3. The van der Waals surface area contributed by atoms with Crippen molar-refractivity contribution in [2.24, 2.45) is 10.7 Å². The summed E-state index contributed by atoms with van der Waals surface area (Å²) in [5.74, 6) is 0.470. The number of carbonyl (C=O) groups is 1. The van der Waals surface area contributed by atoms with Crippen molar-refractivity contribution in [3.05, 3.63) is 29.8 Å². The number of rotatable bonds is 11. The van der Waals surface area contributed by atoms with Gasteiger partial charge in [-0.05, 0) is 30.5 Å². The Hall–Kier alpha value is -1.31. The number of nitrogens with one attached hydrogen (secondary N) is 2. The quantitative estimate of drug-likeness (QED) is 0.202. The molecule has 25 heavy (non-hydrogen) atoms. The molecule has 0 heterocycles. The average molecular weight is 460 g/mol. The fraction of sp³-hybridized carbons (Fsp3) is 0.579. The van der Waals surface area contributed by atoms with Crippen LogP contribution in [0.15, 0.2) is 29.3 Å². The number of hydrogen-bond acceptors (Lipinski definition) is 2. The largest absolute Gasteiger partial charge is 0.370 e. The first-order chi connectivity index (χ1) is 11.6. The molecule has 0 atom stereocenters. The number of halogens is 1. The van der Waals surface area contributed by atoms with Crippen LogP contribution in [-0.4, -0.2) is 25.0 Å². The van der Waals surface area contributed by atoms with E-state index in [1.807, 2.05) is 24.3 Å². The number of unbranched alkanes of at least 4 members (excludes halogenated alkanes) is 5. The van der Waals surface area contributed by atoms with Gasteiger partial charge in [-0.25, -0.2) is 0 Å². The maximum Gasteiger partial charge on any atom is 0.221 e. The zero-order valence-corrected chi connectivity index (χ0v) is 17.8. The van der Waals surface area contributed by atoms with Crippen LogP contribution in [0.2, 0.25) is 0 Å². The van der Waals surface area contributed by atoms with E-state index in [1.54, 1.807) is 0 Å². The molecule has 1 amide bonds. The SMILES string of the molecule is CCCCCCCCN=C(N)NCCc1ccc(NC(C)=O)cc1.I. The number of benzene rings is 1. The Bertz CT molecular complexity index is 503. The maximum atomic E-state index is 11.0. The second kappa shape index (κ2) is 15.0. The lowest BCUT2D eigenvalue weighted by Crippen LogP contribution is -2.33. The van der Waals surface area contributed by atoms with Crippen molar-refractivity contribution in [1.29, 1.82) is 0 Å². The molecule has 0 aliphatic heterocycles. The van der Waals surface area contributed by atoms with Crippen molar-refractivity contribution >= 4 is 41.5 Å². The number of guanidine groups is 1. The van der Waals surface area contributed by atoms with Gasteiger partial charge >= 0.3 is 0 Å². The standard InChI is InChI=1S/C19H32N4O.HI/c1-3-4-5-6-7-8-14-21-19(20)22-15-13-17-9-11-18(12-10-17)23-16(2)24;/h9-12H,3-8,13-15H2,1-2H3,(H,23,24)(H3,20,21,22);1H. The molecule has 5 nitrogen and oxygen atoms in total. The van der Waals surface area contributed by atoms with Gasteiger partial charge in [0, 0.05) is 25.7 Å². The van der Waals surface area contributed by atoms with Crippen LogP contribution in [0.4, 0.5) is 5.69 Å². The van der Waals surface area contributed by atoms with Crippen LogP contribution >= 0.6 is 24.0 Å². The summed E-state index contributed by atoms with van der Waals surface area (Å²) in [5.41, 5.74) is 7.88. The Kier molecular flexibility index (Phi) is 14.2.